The summed E-state index contributed by atoms with van der Waals surface area (Å²) in [4.78, 5) is 17.1. The third kappa shape index (κ3) is 5.81. The number of para-hydroxylation sites is 2. The number of aryl methyl sites for hydroxylation is 4. The predicted octanol–water partition coefficient (Wildman–Crippen LogP) is 5.62. The SMILES string of the molecule is Cc1ccc(OCCCn2c(CCCNC(=O)c3ccc(F)cc3)nc3ccccc32)cc1C. The van der Waals surface area contributed by atoms with Crippen molar-refractivity contribution in [3.63, 3.8) is 0 Å². The summed E-state index contributed by atoms with van der Waals surface area (Å²) >= 11 is 0. The first-order chi connectivity index (χ1) is 16.5. The smallest absolute Gasteiger partial charge is 0.251 e. The van der Waals surface area contributed by atoms with Crippen LogP contribution in [0.1, 0.15) is 40.2 Å². The summed E-state index contributed by atoms with van der Waals surface area (Å²) in [5.74, 6) is 1.35. The number of hydrogen-bond donors (Lipinski definition) is 1. The van der Waals surface area contributed by atoms with E-state index < -0.39 is 0 Å². The fourth-order valence-corrected chi connectivity index (χ4v) is 3.93. The Morgan fingerprint density at radius 2 is 1.79 bits per heavy atom. The third-order valence-electron chi connectivity index (χ3n) is 5.98. The van der Waals surface area contributed by atoms with Gasteiger partial charge in [-0.3, -0.25) is 4.79 Å². The number of fused-ring (bicyclic) bond motifs is 1. The monoisotopic (exact) mass is 459 g/mol. The summed E-state index contributed by atoms with van der Waals surface area (Å²) in [6.45, 7) is 6.15. The van der Waals surface area contributed by atoms with Crippen molar-refractivity contribution in [2.24, 2.45) is 0 Å². The minimum atomic E-state index is -0.352. The van der Waals surface area contributed by atoms with Gasteiger partial charge in [0.1, 0.15) is 17.4 Å². The predicted molar refractivity (Wildman–Crippen MR) is 133 cm³/mol. The maximum atomic E-state index is 13.0. The minimum absolute atomic E-state index is 0.197. The Kier molecular flexibility index (Phi) is 7.58. The number of amides is 1. The van der Waals surface area contributed by atoms with Gasteiger partial charge in [0.2, 0.25) is 0 Å². The zero-order valence-corrected chi connectivity index (χ0v) is 19.7. The maximum absolute atomic E-state index is 13.0. The number of benzene rings is 3. The number of ether oxygens (including phenoxy) is 1. The van der Waals surface area contributed by atoms with Crippen LogP contribution in [-0.2, 0) is 13.0 Å². The molecule has 4 aromatic rings. The van der Waals surface area contributed by atoms with Crippen LogP contribution in [0.3, 0.4) is 0 Å². The number of rotatable bonds is 10. The molecule has 0 radical (unpaired) electrons. The number of carbonyl (C=O) groups excluding carboxylic acids is 1. The van der Waals surface area contributed by atoms with Crippen molar-refractivity contribution in [3.8, 4) is 5.75 Å². The average Bonchev–Trinajstić information content (AvgIpc) is 3.19. The summed E-state index contributed by atoms with van der Waals surface area (Å²) in [6, 6.07) is 19.9. The first kappa shape index (κ1) is 23.5. The normalized spacial score (nSPS) is 11.0. The highest BCUT2D eigenvalue weighted by atomic mass is 19.1. The Labute approximate surface area is 199 Å². The van der Waals surface area contributed by atoms with E-state index in [1.54, 1.807) is 0 Å². The number of aromatic nitrogens is 2. The topological polar surface area (TPSA) is 56.1 Å². The molecule has 4 rings (SSSR count). The summed E-state index contributed by atoms with van der Waals surface area (Å²) in [7, 11) is 0. The fraction of sp³-hybridized carbons (Fsp3) is 0.286. The molecule has 0 bridgehead atoms. The van der Waals surface area contributed by atoms with Gasteiger partial charge in [0.05, 0.1) is 17.6 Å². The van der Waals surface area contributed by atoms with Crippen LogP contribution in [0.2, 0.25) is 0 Å². The molecule has 0 aliphatic heterocycles. The molecule has 0 aliphatic rings. The van der Waals surface area contributed by atoms with Crippen LogP contribution in [0.4, 0.5) is 4.39 Å². The molecule has 0 unspecified atom stereocenters. The highest BCUT2D eigenvalue weighted by molar-refractivity contribution is 5.94. The van der Waals surface area contributed by atoms with E-state index in [2.05, 4.69) is 41.9 Å². The minimum Gasteiger partial charge on any atom is -0.494 e. The van der Waals surface area contributed by atoms with E-state index >= 15 is 0 Å². The largest absolute Gasteiger partial charge is 0.494 e. The number of carbonyl (C=O) groups is 1. The Morgan fingerprint density at radius 3 is 2.59 bits per heavy atom. The van der Waals surface area contributed by atoms with Crippen LogP contribution >= 0.6 is 0 Å². The van der Waals surface area contributed by atoms with E-state index in [0.717, 1.165) is 48.4 Å². The number of nitrogens with one attached hydrogen (secondary N) is 1. The quantitative estimate of drug-likeness (QED) is 0.313. The van der Waals surface area contributed by atoms with Gasteiger partial charge in [0.25, 0.3) is 5.91 Å². The van der Waals surface area contributed by atoms with Gasteiger partial charge in [-0.05, 0) is 86.3 Å². The van der Waals surface area contributed by atoms with Gasteiger partial charge in [-0.15, -0.1) is 0 Å². The molecule has 0 atom stereocenters. The van der Waals surface area contributed by atoms with E-state index in [1.165, 1.54) is 35.4 Å². The van der Waals surface area contributed by atoms with E-state index in [-0.39, 0.29) is 11.7 Å². The van der Waals surface area contributed by atoms with E-state index in [4.69, 9.17) is 9.72 Å². The molecule has 0 saturated heterocycles. The molecule has 5 nitrogen and oxygen atoms in total. The maximum Gasteiger partial charge on any atom is 0.251 e. The van der Waals surface area contributed by atoms with Gasteiger partial charge in [0, 0.05) is 25.1 Å². The Hall–Kier alpha value is -3.67. The molecule has 6 heteroatoms. The Bertz CT molecular complexity index is 1260. The van der Waals surface area contributed by atoms with Crippen molar-refractivity contribution >= 4 is 16.9 Å². The van der Waals surface area contributed by atoms with Crippen LogP contribution in [-0.4, -0.2) is 28.6 Å². The molecule has 1 N–H and O–H groups in total. The zero-order valence-electron chi connectivity index (χ0n) is 19.7. The molecule has 3 aromatic carbocycles. The molecule has 176 valence electrons. The van der Waals surface area contributed by atoms with Gasteiger partial charge in [-0.2, -0.15) is 0 Å². The van der Waals surface area contributed by atoms with Gasteiger partial charge in [0.15, 0.2) is 0 Å². The Morgan fingerprint density at radius 1 is 1.00 bits per heavy atom. The van der Waals surface area contributed by atoms with Crippen molar-refractivity contribution in [1.29, 1.82) is 0 Å². The van der Waals surface area contributed by atoms with E-state index in [0.29, 0.717) is 18.7 Å². The van der Waals surface area contributed by atoms with Gasteiger partial charge in [-0.25, -0.2) is 9.37 Å². The van der Waals surface area contributed by atoms with Gasteiger partial charge in [-0.1, -0.05) is 18.2 Å². The number of nitrogens with zero attached hydrogens (tertiary/aromatic N) is 2. The van der Waals surface area contributed by atoms with Crippen molar-refractivity contribution < 1.29 is 13.9 Å². The van der Waals surface area contributed by atoms with Crippen molar-refractivity contribution in [3.05, 3.63) is 95.1 Å². The highest BCUT2D eigenvalue weighted by Gasteiger charge is 2.11. The van der Waals surface area contributed by atoms with Crippen LogP contribution < -0.4 is 10.1 Å². The lowest BCUT2D eigenvalue weighted by molar-refractivity contribution is 0.0953. The van der Waals surface area contributed by atoms with E-state index in [1.807, 2.05) is 24.3 Å². The summed E-state index contributed by atoms with van der Waals surface area (Å²) in [5.41, 5.74) is 5.03. The second kappa shape index (κ2) is 11.0. The second-order valence-corrected chi connectivity index (χ2v) is 8.48. The van der Waals surface area contributed by atoms with Gasteiger partial charge < -0.3 is 14.6 Å². The van der Waals surface area contributed by atoms with Crippen LogP contribution in [0.15, 0.2) is 66.7 Å². The molecule has 1 heterocycles. The number of halogens is 1. The molecule has 1 aromatic heterocycles. The van der Waals surface area contributed by atoms with Crippen LogP contribution in [0.5, 0.6) is 5.75 Å². The summed E-state index contributed by atoms with van der Waals surface area (Å²) in [5, 5.41) is 2.90. The molecule has 34 heavy (non-hydrogen) atoms. The summed E-state index contributed by atoms with van der Waals surface area (Å²) in [6.07, 6.45) is 2.37. The van der Waals surface area contributed by atoms with Crippen LogP contribution in [0.25, 0.3) is 11.0 Å². The molecule has 0 spiro atoms. The molecule has 0 saturated carbocycles. The second-order valence-electron chi connectivity index (χ2n) is 8.48. The first-order valence-electron chi connectivity index (χ1n) is 11.7. The lowest BCUT2D eigenvalue weighted by atomic mass is 10.1. The van der Waals surface area contributed by atoms with Crippen molar-refractivity contribution in [1.82, 2.24) is 14.9 Å². The van der Waals surface area contributed by atoms with Crippen molar-refractivity contribution in [2.75, 3.05) is 13.2 Å². The Balaban J connectivity index is 1.32. The molecule has 0 aliphatic carbocycles. The van der Waals surface area contributed by atoms with Gasteiger partial charge >= 0.3 is 0 Å². The fourth-order valence-electron chi connectivity index (χ4n) is 3.93. The average molecular weight is 460 g/mol. The lowest BCUT2D eigenvalue weighted by Gasteiger charge is -2.11. The highest BCUT2D eigenvalue weighted by Crippen LogP contribution is 2.19. The standard InChI is InChI=1S/C28H30FN3O2/c1-20-10-15-24(19-21(20)2)34-18-6-17-32-26-8-4-3-7-25(26)31-27(32)9-5-16-30-28(33)22-11-13-23(29)14-12-22/h3-4,7-8,10-15,19H,5-6,9,16-18H2,1-2H3,(H,30,33). The summed E-state index contributed by atoms with van der Waals surface area (Å²) < 4.78 is 21.3. The molecular weight excluding hydrogens is 429 g/mol. The number of hydrogen-bond acceptors (Lipinski definition) is 3. The van der Waals surface area contributed by atoms with E-state index in [9.17, 15) is 9.18 Å². The zero-order chi connectivity index (χ0) is 23.9. The van der Waals surface area contributed by atoms with Crippen molar-refractivity contribution in [2.45, 2.75) is 39.7 Å². The molecule has 0 fully saturated rings. The lowest BCUT2D eigenvalue weighted by Crippen LogP contribution is -2.25. The first-order valence-corrected chi connectivity index (χ1v) is 11.7. The molecule has 1 amide bonds. The molecular formula is C28H30FN3O2. The third-order valence-corrected chi connectivity index (χ3v) is 5.98. The number of imidazole rings is 1. The van der Waals surface area contributed by atoms with Crippen LogP contribution in [0, 0.1) is 19.7 Å².